The number of hydrogen-bond acceptors (Lipinski definition) is 5. The largest absolute Gasteiger partial charge is 0.497 e. The maximum atomic E-state index is 13.1. The first kappa shape index (κ1) is 22.6. The van der Waals surface area contributed by atoms with Gasteiger partial charge in [-0.15, -0.1) is 0 Å². The number of hydroxylamine groups is 1. The molecule has 1 aromatic rings. The van der Waals surface area contributed by atoms with E-state index in [2.05, 4.69) is 0 Å². The van der Waals surface area contributed by atoms with Crippen LogP contribution in [0.5, 0.6) is 5.75 Å². The number of ether oxygens (including phenoxy) is 1. The molecule has 0 fully saturated rings. The third kappa shape index (κ3) is 5.21. The Labute approximate surface area is 171 Å². The smallest absolute Gasteiger partial charge is 0.243 e. The molecule has 1 aliphatic carbocycles. The lowest BCUT2D eigenvalue weighted by atomic mass is 9.75. The summed E-state index contributed by atoms with van der Waals surface area (Å²) in [6, 6.07) is 7.57. The highest BCUT2D eigenvalue weighted by atomic mass is 16.5. The molecule has 0 heterocycles. The predicted octanol–water partition coefficient (Wildman–Crippen LogP) is 4.04. The van der Waals surface area contributed by atoms with E-state index in [0.29, 0.717) is 35.1 Å². The number of carbonyl (C=O) groups is 3. The average molecular weight is 399 g/mol. The summed E-state index contributed by atoms with van der Waals surface area (Å²) >= 11 is 0. The number of nitrogens with one attached hydrogen (secondary N) is 1. The number of Topliss-reactive ketones (excluding diaryl/α,β-unsaturated/α-hetero) is 2. The molecule has 6 nitrogen and oxygen atoms in total. The van der Waals surface area contributed by atoms with Crippen molar-refractivity contribution in [3.05, 3.63) is 52.1 Å². The van der Waals surface area contributed by atoms with Gasteiger partial charge in [0.25, 0.3) is 0 Å². The topological polar surface area (TPSA) is 92.7 Å². The SMILES string of the molecule is COc1ccc(C(CCCCCC(=O)NO)C2=C(C)C(=O)C(C)=C(C)C2=O)cc1. The molecule has 1 unspecified atom stereocenters. The van der Waals surface area contributed by atoms with Crippen molar-refractivity contribution in [1.82, 2.24) is 5.48 Å². The number of methoxy groups -OCH3 is 1. The van der Waals surface area contributed by atoms with Crippen LogP contribution in [-0.4, -0.2) is 29.8 Å². The number of hydrogen-bond donors (Lipinski definition) is 2. The summed E-state index contributed by atoms with van der Waals surface area (Å²) < 4.78 is 5.23. The fourth-order valence-corrected chi connectivity index (χ4v) is 3.72. The molecule has 1 aliphatic rings. The molecule has 6 heteroatoms. The van der Waals surface area contributed by atoms with Crippen LogP contribution >= 0.6 is 0 Å². The highest BCUT2D eigenvalue weighted by molar-refractivity contribution is 6.25. The van der Waals surface area contributed by atoms with Gasteiger partial charge < -0.3 is 4.74 Å². The summed E-state index contributed by atoms with van der Waals surface area (Å²) in [5.74, 6) is -0.0203. The summed E-state index contributed by atoms with van der Waals surface area (Å²) in [5, 5.41) is 8.58. The quantitative estimate of drug-likeness (QED) is 0.283. The van der Waals surface area contributed by atoms with Gasteiger partial charge in [-0.25, -0.2) is 5.48 Å². The van der Waals surface area contributed by atoms with E-state index in [9.17, 15) is 14.4 Å². The van der Waals surface area contributed by atoms with Gasteiger partial charge in [-0.1, -0.05) is 25.0 Å². The van der Waals surface area contributed by atoms with Crippen LogP contribution < -0.4 is 10.2 Å². The number of benzene rings is 1. The van der Waals surface area contributed by atoms with Gasteiger partial charge in [0, 0.05) is 34.6 Å². The van der Waals surface area contributed by atoms with E-state index < -0.39 is 5.91 Å². The second kappa shape index (κ2) is 10.2. The first-order chi connectivity index (χ1) is 13.8. The molecule has 2 rings (SSSR count). The molecule has 1 aromatic carbocycles. The zero-order valence-corrected chi connectivity index (χ0v) is 17.5. The average Bonchev–Trinajstić information content (AvgIpc) is 2.74. The van der Waals surface area contributed by atoms with E-state index in [1.807, 2.05) is 24.3 Å². The molecule has 0 spiro atoms. The van der Waals surface area contributed by atoms with Crippen LogP contribution in [0.15, 0.2) is 46.6 Å². The number of rotatable bonds is 9. The molecule has 156 valence electrons. The van der Waals surface area contributed by atoms with Crippen molar-refractivity contribution in [2.45, 2.75) is 58.8 Å². The van der Waals surface area contributed by atoms with Gasteiger partial charge >= 0.3 is 0 Å². The summed E-state index contributed by atoms with van der Waals surface area (Å²) in [5.41, 5.74) is 4.69. The van der Waals surface area contributed by atoms with Crippen LogP contribution in [0.1, 0.15) is 64.4 Å². The van der Waals surface area contributed by atoms with Crippen LogP contribution in [0, 0.1) is 0 Å². The van der Waals surface area contributed by atoms with Crippen LogP contribution in [0.2, 0.25) is 0 Å². The molecule has 0 saturated carbocycles. The van der Waals surface area contributed by atoms with Crippen molar-refractivity contribution in [2.24, 2.45) is 0 Å². The van der Waals surface area contributed by atoms with Crippen LogP contribution in [0.25, 0.3) is 0 Å². The number of unbranched alkanes of at least 4 members (excludes halogenated alkanes) is 2. The van der Waals surface area contributed by atoms with E-state index in [1.165, 1.54) is 0 Å². The summed E-state index contributed by atoms with van der Waals surface area (Å²) in [4.78, 5) is 36.9. The Hall–Kier alpha value is -2.73. The molecule has 0 aromatic heterocycles. The van der Waals surface area contributed by atoms with Crippen LogP contribution in [0.4, 0.5) is 0 Å². The Bertz CT molecular complexity index is 849. The van der Waals surface area contributed by atoms with Crippen molar-refractivity contribution >= 4 is 17.5 Å². The Morgan fingerprint density at radius 3 is 2.17 bits per heavy atom. The monoisotopic (exact) mass is 399 g/mol. The maximum absolute atomic E-state index is 13.1. The first-order valence-electron chi connectivity index (χ1n) is 9.86. The van der Waals surface area contributed by atoms with Gasteiger partial charge in [-0.05, 0) is 51.3 Å². The molecule has 1 amide bonds. The molecule has 0 bridgehead atoms. The van der Waals surface area contributed by atoms with Crippen molar-refractivity contribution < 1.29 is 24.3 Å². The third-order valence-corrected chi connectivity index (χ3v) is 5.62. The van der Waals surface area contributed by atoms with Gasteiger partial charge in [0.15, 0.2) is 11.6 Å². The number of ketones is 2. The van der Waals surface area contributed by atoms with Crippen molar-refractivity contribution in [3.8, 4) is 5.75 Å². The van der Waals surface area contributed by atoms with Gasteiger partial charge in [0.2, 0.25) is 5.91 Å². The molecule has 0 saturated heterocycles. The predicted molar refractivity (Wildman–Crippen MR) is 110 cm³/mol. The molecule has 29 heavy (non-hydrogen) atoms. The van der Waals surface area contributed by atoms with Gasteiger partial charge in [-0.3, -0.25) is 19.6 Å². The molecule has 0 radical (unpaired) electrons. The van der Waals surface area contributed by atoms with E-state index in [0.717, 1.165) is 24.2 Å². The standard InChI is InChI=1S/C23H29NO5/c1-14-15(2)23(27)21(16(3)22(14)26)19(8-6-5-7-9-20(25)24-28)17-10-12-18(29-4)13-11-17/h10-13,19,28H,5-9H2,1-4H3,(H,24,25). The highest BCUT2D eigenvalue weighted by Gasteiger charge is 2.33. The van der Waals surface area contributed by atoms with E-state index in [-0.39, 0.29) is 23.9 Å². The van der Waals surface area contributed by atoms with E-state index in [4.69, 9.17) is 9.94 Å². The highest BCUT2D eigenvalue weighted by Crippen LogP contribution is 2.38. The minimum Gasteiger partial charge on any atom is -0.497 e. The van der Waals surface area contributed by atoms with Crippen molar-refractivity contribution in [1.29, 1.82) is 0 Å². The second-order valence-corrected chi connectivity index (χ2v) is 7.41. The zero-order chi connectivity index (χ0) is 21.6. The van der Waals surface area contributed by atoms with Gasteiger partial charge in [0.1, 0.15) is 5.75 Å². The second-order valence-electron chi connectivity index (χ2n) is 7.41. The third-order valence-electron chi connectivity index (χ3n) is 5.62. The summed E-state index contributed by atoms with van der Waals surface area (Å²) in [7, 11) is 1.60. The zero-order valence-electron chi connectivity index (χ0n) is 17.5. The van der Waals surface area contributed by atoms with Crippen LogP contribution in [0.3, 0.4) is 0 Å². The fraction of sp³-hybridized carbons (Fsp3) is 0.435. The Balaban J connectivity index is 2.28. The Morgan fingerprint density at radius 1 is 0.966 bits per heavy atom. The number of allylic oxidation sites excluding steroid dienone is 4. The molecule has 0 aliphatic heterocycles. The van der Waals surface area contributed by atoms with Crippen LogP contribution in [-0.2, 0) is 14.4 Å². The molecular weight excluding hydrogens is 370 g/mol. The van der Waals surface area contributed by atoms with Gasteiger partial charge in [0.05, 0.1) is 7.11 Å². The lowest BCUT2D eigenvalue weighted by Crippen LogP contribution is -2.24. The molecule has 2 N–H and O–H groups in total. The minimum absolute atomic E-state index is 0.0694. The summed E-state index contributed by atoms with van der Waals surface area (Å²) in [6.07, 6.45) is 3.15. The fourth-order valence-electron chi connectivity index (χ4n) is 3.72. The minimum atomic E-state index is -0.403. The van der Waals surface area contributed by atoms with Crippen molar-refractivity contribution in [3.63, 3.8) is 0 Å². The maximum Gasteiger partial charge on any atom is 0.243 e. The Kier molecular flexibility index (Phi) is 7.91. The lowest BCUT2D eigenvalue weighted by Gasteiger charge is -2.26. The molecule has 1 atom stereocenters. The van der Waals surface area contributed by atoms with E-state index >= 15 is 0 Å². The first-order valence-corrected chi connectivity index (χ1v) is 9.86. The van der Waals surface area contributed by atoms with Crippen molar-refractivity contribution in [2.75, 3.05) is 7.11 Å². The van der Waals surface area contributed by atoms with Gasteiger partial charge in [-0.2, -0.15) is 0 Å². The molecular formula is C23H29NO5. The lowest BCUT2D eigenvalue weighted by molar-refractivity contribution is -0.129. The summed E-state index contributed by atoms with van der Waals surface area (Å²) in [6.45, 7) is 5.14. The Morgan fingerprint density at radius 2 is 1.59 bits per heavy atom. The number of amides is 1. The van der Waals surface area contributed by atoms with E-state index in [1.54, 1.807) is 33.4 Å². The number of carbonyl (C=O) groups excluding carboxylic acids is 3. The normalized spacial score (nSPS) is 15.6.